The fraction of sp³-hybridized carbons (Fsp3) is 0.682. The zero-order valence-electron chi connectivity index (χ0n) is 16.5. The number of benzene rings is 1. The Labute approximate surface area is 154 Å². The monoisotopic (exact) mass is 347 g/mol. The van der Waals surface area contributed by atoms with E-state index < -0.39 is 0 Å². The van der Waals surface area contributed by atoms with Gasteiger partial charge in [-0.25, -0.2) is 0 Å². The lowest BCUT2D eigenvalue weighted by molar-refractivity contribution is 0.0979. The van der Waals surface area contributed by atoms with Crippen LogP contribution in [0.25, 0.3) is 0 Å². The van der Waals surface area contributed by atoms with Crippen LogP contribution in [0.5, 0.6) is 5.75 Å². The van der Waals surface area contributed by atoms with Crippen LogP contribution >= 0.6 is 0 Å². The Morgan fingerprint density at radius 2 is 1.64 bits per heavy atom. The second kappa shape index (κ2) is 12.9. The number of hydrogen-bond acceptors (Lipinski definition) is 3. The van der Waals surface area contributed by atoms with Gasteiger partial charge >= 0.3 is 0 Å². The smallest absolute Gasteiger partial charge is 0.163 e. The number of aryl methyl sites for hydroxylation is 1. The molecule has 25 heavy (non-hydrogen) atoms. The molecule has 0 heterocycles. The van der Waals surface area contributed by atoms with E-state index >= 15 is 0 Å². The third-order valence-electron chi connectivity index (χ3n) is 4.81. The van der Waals surface area contributed by atoms with Gasteiger partial charge in [-0.1, -0.05) is 45.4 Å². The molecule has 0 bridgehead atoms. The van der Waals surface area contributed by atoms with Gasteiger partial charge in [-0.3, -0.25) is 4.79 Å². The van der Waals surface area contributed by atoms with Crippen LogP contribution < -0.4 is 10.5 Å². The van der Waals surface area contributed by atoms with E-state index in [1.54, 1.807) is 0 Å². The molecule has 0 aliphatic rings. The summed E-state index contributed by atoms with van der Waals surface area (Å²) in [7, 11) is 0. The van der Waals surface area contributed by atoms with Crippen LogP contribution in [0.15, 0.2) is 12.1 Å². The molecule has 0 amide bonds. The lowest BCUT2D eigenvalue weighted by Crippen LogP contribution is -2.06. The molecule has 1 aromatic rings. The van der Waals surface area contributed by atoms with Crippen molar-refractivity contribution < 1.29 is 9.53 Å². The molecule has 3 nitrogen and oxygen atoms in total. The fourth-order valence-corrected chi connectivity index (χ4v) is 2.95. The van der Waals surface area contributed by atoms with Gasteiger partial charge in [0.05, 0.1) is 6.61 Å². The van der Waals surface area contributed by atoms with Gasteiger partial charge in [0.1, 0.15) is 5.75 Å². The highest BCUT2D eigenvalue weighted by atomic mass is 16.5. The maximum atomic E-state index is 12.3. The predicted molar refractivity (Wildman–Crippen MR) is 107 cm³/mol. The van der Waals surface area contributed by atoms with Crippen LogP contribution in [0, 0.1) is 13.8 Å². The maximum Gasteiger partial charge on any atom is 0.163 e. The van der Waals surface area contributed by atoms with E-state index in [-0.39, 0.29) is 5.78 Å². The summed E-state index contributed by atoms with van der Waals surface area (Å²) in [5.74, 6) is 1.06. The third kappa shape index (κ3) is 8.53. The minimum atomic E-state index is 0.192. The number of rotatable bonds is 14. The van der Waals surface area contributed by atoms with E-state index in [1.807, 2.05) is 19.1 Å². The van der Waals surface area contributed by atoms with Gasteiger partial charge in [-0.05, 0) is 62.9 Å². The molecule has 0 aromatic heterocycles. The molecule has 0 atom stereocenters. The van der Waals surface area contributed by atoms with Crippen molar-refractivity contribution in [1.29, 1.82) is 0 Å². The maximum absolute atomic E-state index is 12.3. The van der Waals surface area contributed by atoms with Gasteiger partial charge in [-0.2, -0.15) is 0 Å². The molecular weight excluding hydrogens is 310 g/mol. The van der Waals surface area contributed by atoms with Crippen molar-refractivity contribution in [2.45, 2.75) is 85.0 Å². The van der Waals surface area contributed by atoms with Crippen LogP contribution in [0.3, 0.4) is 0 Å². The molecule has 0 aliphatic carbocycles. The van der Waals surface area contributed by atoms with E-state index in [1.165, 1.54) is 38.5 Å². The highest BCUT2D eigenvalue weighted by Gasteiger charge is 2.11. The van der Waals surface area contributed by atoms with Gasteiger partial charge < -0.3 is 10.5 Å². The van der Waals surface area contributed by atoms with Gasteiger partial charge in [0.2, 0.25) is 0 Å². The van der Waals surface area contributed by atoms with Gasteiger partial charge in [0, 0.05) is 12.0 Å². The zero-order valence-corrected chi connectivity index (χ0v) is 16.5. The Hall–Kier alpha value is -1.35. The molecule has 0 radical (unpaired) electrons. The van der Waals surface area contributed by atoms with Crippen LogP contribution in [0.2, 0.25) is 0 Å². The van der Waals surface area contributed by atoms with Gasteiger partial charge in [-0.15, -0.1) is 0 Å². The van der Waals surface area contributed by atoms with Crippen LogP contribution in [0.1, 0.15) is 92.6 Å². The summed E-state index contributed by atoms with van der Waals surface area (Å²) in [6.45, 7) is 7.74. The Bertz CT molecular complexity index is 511. The first kappa shape index (κ1) is 21.7. The number of ether oxygens (including phenoxy) is 1. The first-order valence-electron chi connectivity index (χ1n) is 10.1. The molecule has 0 spiro atoms. The zero-order chi connectivity index (χ0) is 18.5. The Balaban J connectivity index is 2.46. The average molecular weight is 348 g/mol. The number of ketones is 1. The standard InChI is InChI=1S/C22H37NO2/c1-4-5-6-7-8-9-12-15-25-22-17-20(16-18(2)19(22)3)21(24)13-10-11-14-23/h16-17H,4-15,23H2,1-3H3. The largest absolute Gasteiger partial charge is 0.493 e. The average Bonchev–Trinajstić information content (AvgIpc) is 2.60. The summed E-state index contributed by atoms with van der Waals surface area (Å²) in [4.78, 5) is 12.3. The number of Topliss-reactive ketones (excluding diaryl/α,β-unsaturated/α-hetero) is 1. The number of carbonyl (C=O) groups is 1. The molecule has 1 rings (SSSR count). The minimum absolute atomic E-state index is 0.192. The quantitative estimate of drug-likeness (QED) is 0.344. The second-order valence-electron chi connectivity index (χ2n) is 7.06. The Morgan fingerprint density at radius 3 is 2.32 bits per heavy atom. The molecular formula is C22H37NO2. The van der Waals surface area contributed by atoms with Crippen molar-refractivity contribution in [3.63, 3.8) is 0 Å². The van der Waals surface area contributed by atoms with Crippen molar-refractivity contribution in [3.05, 3.63) is 28.8 Å². The summed E-state index contributed by atoms with van der Waals surface area (Å²) in [5, 5.41) is 0. The van der Waals surface area contributed by atoms with E-state index in [0.29, 0.717) is 13.0 Å². The predicted octanol–water partition coefficient (Wildman–Crippen LogP) is 5.74. The van der Waals surface area contributed by atoms with Gasteiger partial charge in [0.25, 0.3) is 0 Å². The molecule has 1 aromatic carbocycles. The number of carbonyl (C=O) groups excluding carboxylic acids is 1. The highest BCUT2D eigenvalue weighted by Crippen LogP contribution is 2.25. The highest BCUT2D eigenvalue weighted by molar-refractivity contribution is 5.96. The SMILES string of the molecule is CCCCCCCCCOc1cc(C(=O)CCCCN)cc(C)c1C. The molecule has 0 saturated heterocycles. The summed E-state index contributed by atoms with van der Waals surface area (Å²) < 4.78 is 5.99. The minimum Gasteiger partial charge on any atom is -0.493 e. The van der Waals surface area contributed by atoms with Crippen molar-refractivity contribution in [1.82, 2.24) is 0 Å². The topological polar surface area (TPSA) is 52.3 Å². The van der Waals surface area contributed by atoms with E-state index in [9.17, 15) is 4.79 Å². The molecule has 142 valence electrons. The van der Waals surface area contributed by atoms with Crippen LogP contribution in [0.4, 0.5) is 0 Å². The molecule has 0 unspecified atom stereocenters. The molecule has 0 aliphatic heterocycles. The lowest BCUT2D eigenvalue weighted by atomic mass is 9.99. The lowest BCUT2D eigenvalue weighted by Gasteiger charge is -2.13. The number of nitrogens with two attached hydrogens (primary N) is 1. The van der Waals surface area contributed by atoms with E-state index in [0.717, 1.165) is 48.3 Å². The number of hydrogen-bond donors (Lipinski definition) is 1. The van der Waals surface area contributed by atoms with Crippen LogP contribution in [-0.4, -0.2) is 18.9 Å². The Morgan fingerprint density at radius 1 is 0.960 bits per heavy atom. The molecule has 0 saturated carbocycles. The van der Waals surface area contributed by atoms with Crippen molar-refractivity contribution in [3.8, 4) is 5.75 Å². The summed E-state index contributed by atoms with van der Waals surface area (Å²) in [6.07, 6.45) is 11.2. The third-order valence-corrected chi connectivity index (χ3v) is 4.81. The summed E-state index contributed by atoms with van der Waals surface area (Å²) in [5.41, 5.74) is 8.54. The second-order valence-corrected chi connectivity index (χ2v) is 7.06. The Kier molecular flexibility index (Phi) is 11.2. The summed E-state index contributed by atoms with van der Waals surface area (Å²) in [6, 6.07) is 3.91. The van der Waals surface area contributed by atoms with E-state index in [2.05, 4.69) is 13.8 Å². The van der Waals surface area contributed by atoms with E-state index in [4.69, 9.17) is 10.5 Å². The molecule has 3 heteroatoms. The molecule has 0 fully saturated rings. The summed E-state index contributed by atoms with van der Waals surface area (Å²) >= 11 is 0. The van der Waals surface area contributed by atoms with Gasteiger partial charge in [0.15, 0.2) is 5.78 Å². The van der Waals surface area contributed by atoms with Crippen molar-refractivity contribution in [2.75, 3.05) is 13.2 Å². The number of unbranched alkanes of at least 4 members (excludes halogenated alkanes) is 7. The normalized spacial score (nSPS) is 10.9. The first-order valence-corrected chi connectivity index (χ1v) is 10.1. The van der Waals surface area contributed by atoms with Crippen molar-refractivity contribution >= 4 is 5.78 Å². The van der Waals surface area contributed by atoms with Crippen LogP contribution in [-0.2, 0) is 0 Å². The first-order chi connectivity index (χ1) is 12.1. The molecule has 2 N–H and O–H groups in total. The van der Waals surface area contributed by atoms with Crippen molar-refractivity contribution in [2.24, 2.45) is 5.73 Å². The fourth-order valence-electron chi connectivity index (χ4n) is 2.95.